The monoisotopic (exact) mass is 408 g/mol. The third-order valence-electron chi connectivity index (χ3n) is 4.12. The van der Waals surface area contributed by atoms with E-state index in [-0.39, 0.29) is 10.7 Å². The molecule has 1 amide bonds. The lowest BCUT2D eigenvalue weighted by Crippen LogP contribution is -2.27. The van der Waals surface area contributed by atoms with Crippen LogP contribution in [0.5, 0.6) is 0 Å². The number of carbonyl (C=O) groups is 2. The number of carbonyl (C=O) groups excluding carboxylic acids is 2. The van der Waals surface area contributed by atoms with Crippen molar-refractivity contribution in [3.8, 4) is 6.07 Å². The maximum absolute atomic E-state index is 12.4. The van der Waals surface area contributed by atoms with Gasteiger partial charge in [-0.05, 0) is 40.6 Å². The van der Waals surface area contributed by atoms with Gasteiger partial charge in [0.15, 0.2) is 11.7 Å². The third-order valence-corrected chi connectivity index (χ3v) is 4.66. The summed E-state index contributed by atoms with van der Waals surface area (Å²) in [6.45, 7) is 0. The molecule has 1 atom stereocenters. The van der Waals surface area contributed by atoms with Crippen LogP contribution in [0.3, 0.4) is 0 Å². The van der Waals surface area contributed by atoms with E-state index in [0.29, 0.717) is 5.02 Å². The van der Waals surface area contributed by atoms with E-state index in [4.69, 9.17) is 23.2 Å². The summed E-state index contributed by atoms with van der Waals surface area (Å²) in [5, 5.41) is 14.4. The number of nitrogens with zero attached hydrogens (tertiary/aromatic N) is 1. The Labute approximate surface area is 172 Å². The molecule has 0 fully saturated rings. The van der Waals surface area contributed by atoms with Crippen LogP contribution in [0.4, 0.5) is 5.69 Å². The molecule has 4 nitrogen and oxygen atoms in total. The number of allylic oxidation sites excluding steroid dienone is 1. The highest BCUT2D eigenvalue weighted by Crippen LogP contribution is 2.26. The maximum Gasteiger partial charge on any atom is 0.249 e. The average Bonchev–Trinajstić information content (AvgIpc) is 2.69. The Morgan fingerprint density at radius 3 is 2.54 bits per heavy atom. The number of benzene rings is 3. The minimum atomic E-state index is -1.49. The molecular weight excluding hydrogens is 395 g/mol. The van der Waals surface area contributed by atoms with E-state index >= 15 is 0 Å². The van der Waals surface area contributed by atoms with E-state index in [0.717, 1.165) is 16.3 Å². The van der Waals surface area contributed by atoms with Gasteiger partial charge in [-0.3, -0.25) is 9.59 Å². The second kappa shape index (κ2) is 8.71. The molecule has 0 aromatic heterocycles. The van der Waals surface area contributed by atoms with Crippen molar-refractivity contribution in [2.45, 2.75) is 0 Å². The van der Waals surface area contributed by atoms with E-state index in [9.17, 15) is 14.9 Å². The van der Waals surface area contributed by atoms with Crippen LogP contribution in [0.15, 0.2) is 66.7 Å². The van der Waals surface area contributed by atoms with Crippen molar-refractivity contribution < 1.29 is 9.59 Å². The van der Waals surface area contributed by atoms with Gasteiger partial charge in [-0.1, -0.05) is 71.7 Å². The SMILES string of the molecule is N#CC(C(=O)/C=C/c1cccc2ccccc12)C(=O)Nc1ccc(Cl)cc1Cl. The summed E-state index contributed by atoms with van der Waals surface area (Å²) in [6, 6.07) is 19.7. The number of ketones is 1. The first-order valence-corrected chi connectivity index (χ1v) is 9.10. The predicted octanol–water partition coefficient (Wildman–Crippen LogP) is 5.51. The minimum Gasteiger partial charge on any atom is -0.323 e. The number of fused-ring (bicyclic) bond motifs is 1. The Hall–Kier alpha value is -3.13. The average molecular weight is 409 g/mol. The highest BCUT2D eigenvalue weighted by Gasteiger charge is 2.25. The molecule has 0 heterocycles. The van der Waals surface area contributed by atoms with Gasteiger partial charge in [-0.25, -0.2) is 0 Å². The van der Waals surface area contributed by atoms with Crippen LogP contribution >= 0.6 is 23.2 Å². The molecule has 0 bridgehead atoms. The molecule has 138 valence electrons. The van der Waals surface area contributed by atoms with Gasteiger partial charge in [0.25, 0.3) is 0 Å². The van der Waals surface area contributed by atoms with Crippen molar-refractivity contribution in [3.63, 3.8) is 0 Å². The standard InChI is InChI=1S/C22H14Cl2N2O2/c23-16-9-10-20(19(24)12-16)26-22(28)18(13-25)21(27)11-8-15-6-3-5-14-4-1-2-7-17(14)15/h1-12,18H,(H,26,28)/b11-8+. The Morgan fingerprint density at radius 2 is 1.79 bits per heavy atom. The predicted molar refractivity (Wildman–Crippen MR) is 112 cm³/mol. The van der Waals surface area contributed by atoms with Gasteiger partial charge < -0.3 is 5.32 Å². The molecule has 3 aromatic carbocycles. The number of nitriles is 1. The summed E-state index contributed by atoms with van der Waals surface area (Å²) in [5.74, 6) is -2.85. The zero-order valence-electron chi connectivity index (χ0n) is 14.5. The van der Waals surface area contributed by atoms with Gasteiger partial charge in [-0.15, -0.1) is 0 Å². The molecule has 0 spiro atoms. The minimum absolute atomic E-state index is 0.219. The van der Waals surface area contributed by atoms with Gasteiger partial charge in [0.2, 0.25) is 5.91 Å². The van der Waals surface area contributed by atoms with Gasteiger partial charge in [-0.2, -0.15) is 5.26 Å². The molecule has 1 N–H and O–H groups in total. The van der Waals surface area contributed by atoms with Crippen molar-refractivity contribution in [1.29, 1.82) is 5.26 Å². The Kier molecular flexibility index (Phi) is 6.10. The van der Waals surface area contributed by atoms with Crippen LogP contribution in [0.1, 0.15) is 5.56 Å². The van der Waals surface area contributed by atoms with E-state index < -0.39 is 17.6 Å². The molecule has 3 rings (SSSR count). The summed E-state index contributed by atoms with van der Waals surface area (Å²) >= 11 is 11.8. The summed E-state index contributed by atoms with van der Waals surface area (Å²) in [4.78, 5) is 24.8. The Balaban J connectivity index is 1.78. The van der Waals surface area contributed by atoms with Crippen LogP contribution < -0.4 is 5.32 Å². The lowest BCUT2D eigenvalue weighted by atomic mass is 10.0. The molecule has 28 heavy (non-hydrogen) atoms. The van der Waals surface area contributed by atoms with Crippen LogP contribution in [-0.4, -0.2) is 11.7 Å². The number of amides is 1. The first kappa shape index (κ1) is 19.6. The smallest absolute Gasteiger partial charge is 0.249 e. The van der Waals surface area contributed by atoms with Crippen LogP contribution in [0.25, 0.3) is 16.8 Å². The molecule has 0 aliphatic heterocycles. The largest absolute Gasteiger partial charge is 0.323 e. The van der Waals surface area contributed by atoms with Crippen molar-refractivity contribution >= 4 is 57.4 Å². The Bertz CT molecular complexity index is 1130. The Morgan fingerprint density at radius 1 is 1.04 bits per heavy atom. The van der Waals surface area contributed by atoms with Gasteiger partial charge in [0.05, 0.1) is 16.8 Å². The van der Waals surface area contributed by atoms with Crippen LogP contribution in [-0.2, 0) is 9.59 Å². The topological polar surface area (TPSA) is 70.0 Å². The molecule has 0 saturated heterocycles. The number of halogens is 2. The van der Waals surface area contributed by atoms with E-state index in [1.165, 1.54) is 18.2 Å². The van der Waals surface area contributed by atoms with Gasteiger partial charge in [0.1, 0.15) is 0 Å². The second-order valence-electron chi connectivity index (χ2n) is 5.98. The number of nitrogens with one attached hydrogen (secondary N) is 1. The van der Waals surface area contributed by atoms with E-state index in [1.807, 2.05) is 42.5 Å². The van der Waals surface area contributed by atoms with Gasteiger partial charge in [0, 0.05) is 5.02 Å². The van der Waals surface area contributed by atoms with E-state index in [2.05, 4.69) is 5.32 Å². The normalized spacial score (nSPS) is 11.9. The number of hydrogen-bond donors (Lipinski definition) is 1. The number of hydrogen-bond acceptors (Lipinski definition) is 3. The van der Waals surface area contributed by atoms with Gasteiger partial charge >= 0.3 is 0 Å². The molecule has 0 radical (unpaired) electrons. The summed E-state index contributed by atoms with van der Waals surface area (Å²) in [7, 11) is 0. The summed E-state index contributed by atoms with van der Waals surface area (Å²) in [6.07, 6.45) is 2.86. The molecule has 0 aliphatic rings. The first-order chi connectivity index (χ1) is 13.5. The fourth-order valence-electron chi connectivity index (χ4n) is 2.71. The first-order valence-electron chi connectivity index (χ1n) is 8.35. The third kappa shape index (κ3) is 4.40. The number of rotatable bonds is 5. The van der Waals surface area contributed by atoms with Crippen molar-refractivity contribution in [3.05, 3.63) is 82.3 Å². The highest BCUT2D eigenvalue weighted by molar-refractivity contribution is 6.36. The van der Waals surface area contributed by atoms with Crippen molar-refractivity contribution in [2.24, 2.45) is 5.92 Å². The van der Waals surface area contributed by atoms with Crippen LogP contribution in [0, 0.1) is 17.2 Å². The summed E-state index contributed by atoms with van der Waals surface area (Å²) in [5.41, 5.74) is 1.10. The lowest BCUT2D eigenvalue weighted by molar-refractivity contribution is -0.126. The zero-order chi connectivity index (χ0) is 20.1. The number of anilines is 1. The quantitative estimate of drug-likeness (QED) is 0.446. The van der Waals surface area contributed by atoms with Crippen LogP contribution in [0.2, 0.25) is 10.0 Å². The highest BCUT2D eigenvalue weighted by atomic mass is 35.5. The second-order valence-corrected chi connectivity index (χ2v) is 6.82. The fourth-order valence-corrected chi connectivity index (χ4v) is 3.17. The molecular formula is C22H14Cl2N2O2. The van der Waals surface area contributed by atoms with E-state index in [1.54, 1.807) is 18.2 Å². The lowest BCUT2D eigenvalue weighted by Gasteiger charge is -2.09. The maximum atomic E-state index is 12.4. The molecule has 0 aliphatic carbocycles. The van der Waals surface area contributed by atoms with Crippen molar-refractivity contribution in [2.75, 3.05) is 5.32 Å². The zero-order valence-corrected chi connectivity index (χ0v) is 16.0. The molecule has 1 unspecified atom stereocenters. The fraction of sp³-hybridized carbons (Fsp3) is 0.0455. The molecule has 3 aromatic rings. The summed E-state index contributed by atoms with van der Waals surface area (Å²) < 4.78 is 0. The molecule has 6 heteroatoms. The van der Waals surface area contributed by atoms with Crippen molar-refractivity contribution in [1.82, 2.24) is 0 Å². The molecule has 0 saturated carbocycles.